The smallest absolute Gasteiger partial charge is 0.408 e. The lowest BCUT2D eigenvalue weighted by Crippen LogP contribution is -2.20. The third-order valence-corrected chi connectivity index (χ3v) is 17.6. The molecule has 6 aromatic rings. The molecule has 5 aliphatic rings. The van der Waals surface area contributed by atoms with E-state index in [0.29, 0.717) is 25.7 Å². The van der Waals surface area contributed by atoms with Gasteiger partial charge >= 0.3 is 17.2 Å². The van der Waals surface area contributed by atoms with E-state index in [4.69, 9.17) is 27.1 Å². The van der Waals surface area contributed by atoms with Crippen LogP contribution in [0.25, 0.3) is 0 Å². The van der Waals surface area contributed by atoms with Crippen molar-refractivity contribution in [1.82, 2.24) is 0 Å². The lowest BCUT2D eigenvalue weighted by molar-refractivity contribution is 0.370. The van der Waals surface area contributed by atoms with Crippen LogP contribution in [0.4, 0.5) is 0 Å². The Balaban J connectivity index is 1.42. The molecule has 0 saturated heterocycles. The highest BCUT2D eigenvalue weighted by molar-refractivity contribution is 7.43. The first-order valence-corrected chi connectivity index (χ1v) is 30.2. The Hall–Kier alpha value is -5.02. The van der Waals surface area contributed by atoms with Crippen molar-refractivity contribution in [1.29, 1.82) is 0 Å². The van der Waals surface area contributed by atoms with Crippen molar-refractivity contribution in [3.05, 3.63) is 174 Å². The summed E-state index contributed by atoms with van der Waals surface area (Å²) in [7, 11) is -4.17. The molecule has 1 aliphatic carbocycles. The Kier molecular flexibility index (Phi) is 15.1. The molecule has 11 rings (SSSR count). The van der Waals surface area contributed by atoms with Crippen molar-refractivity contribution in [2.75, 3.05) is 0 Å². The van der Waals surface area contributed by atoms with E-state index < -0.39 is 17.2 Å². The van der Waals surface area contributed by atoms with E-state index >= 15 is 0 Å². The molecule has 76 heavy (non-hydrogen) atoms. The molecule has 4 heterocycles. The summed E-state index contributed by atoms with van der Waals surface area (Å²) < 4.78 is 45.1. The maximum atomic E-state index is 7.56. The maximum Gasteiger partial charge on any atom is 0.530 e. The summed E-state index contributed by atoms with van der Waals surface area (Å²) in [5.74, 6) is 5.73. The fraction of sp³-hybridized carbons (Fsp3) is 0.471. The first-order valence-electron chi connectivity index (χ1n) is 28.0. The van der Waals surface area contributed by atoms with Crippen LogP contribution in [-0.2, 0) is 47.3 Å². The lowest BCUT2D eigenvalue weighted by Gasteiger charge is -2.33. The SMILES string of the molecule is CC(C)c1cccc(C(C)C)c1OP1Oc2c3cc(C(C)(C)C)cc2Cc2cc(C(C)(C)C)cc4c2OP(Oc2c(C(C)C)cccc2C(C)C)Oc2c(cc(C(C)(C)C)cc2Cc2cc(C(C)(C)C)cc(c2O1)C3)C4. The van der Waals surface area contributed by atoms with Gasteiger partial charge in [-0.1, -0.05) is 223 Å². The van der Waals surface area contributed by atoms with Crippen molar-refractivity contribution in [2.45, 2.75) is 209 Å². The Morgan fingerprint density at radius 1 is 0.329 bits per heavy atom. The van der Waals surface area contributed by atoms with E-state index in [1.54, 1.807) is 0 Å². The summed E-state index contributed by atoms with van der Waals surface area (Å²) in [5, 5.41) is 0. The number of para-hydroxylation sites is 2. The zero-order chi connectivity index (χ0) is 55.1. The molecule has 0 spiro atoms. The van der Waals surface area contributed by atoms with E-state index in [-0.39, 0.29) is 45.3 Å². The fourth-order valence-electron chi connectivity index (χ4n) is 10.8. The van der Waals surface area contributed by atoms with Gasteiger partial charge in [0.05, 0.1) is 0 Å². The van der Waals surface area contributed by atoms with Crippen molar-refractivity contribution in [3.8, 4) is 34.5 Å². The van der Waals surface area contributed by atoms with Gasteiger partial charge in [0.15, 0.2) is 0 Å². The second-order valence-electron chi connectivity index (χ2n) is 27.3. The summed E-state index contributed by atoms with van der Waals surface area (Å²) in [6, 6.07) is 32.1. The minimum absolute atomic E-state index is 0.176. The molecule has 0 saturated carbocycles. The largest absolute Gasteiger partial charge is 0.530 e. The second-order valence-corrected chi connectivity index (χ2v) is 29.3. The van der Waals surface area contributed by atoms with E-state index in [9.17, 15) is 0 Å². The molecule has 0 unspecified atom stereocenters. The Labute approximate surface area is 460 Å². The van der Waals surface area contributed by atoms with E-state index in [1.165, 1.54) is 22.3 Å². The van der Waals surface area contributed by atoms with E-state index in [1.807, 2.05) is 0 Å². The molecule has 8 heteroatoms. The molecule has 0 radical (unpaired) electrons. The average Bonchev–Trinajstić information content (AvgIpc) is 3.29. The number of rotatable bonds is 8. The monoisotopic (exact) mass is 1060 g/mol. The molecular formula is C68H86O6P2. The zero-order valence-electron chi connectivity index (χ0n) is 49.6. The van der Waals surface area contributed by atoms with Gasteiger partial charge in [0.25, 0.3) is 0 Å². The van der Waals surface area contributed by atoms with E-state index in [2.05, 4.69) is 223 Å². The summed E-state index contributed by atoms with van der Waals surface area (Å²) in [5.41, 5.74) is 17.5. The molecule has 6 nitrogen and oxygen atoms in total. The molecule has 0 N–H and O–H groups in total. The van der Waals surface area contributed by atoms with Gasteiger partial charge in [-0.2, -0.15) is 0 Å². The third kappa shape index (κ3) is 11.4. The van der Waals surface area contributed by atoms with Crippen LogP contribution in [0.1, 0.15) is 251 Å². The van der Waals surface area contributed by atoms with Crippen LogP contribution in [0.5, 0.6) is 34.5 Å². The van der Waals surface area contributed by atoms with Crippen molar-refractivity contribution < 1.29 is 27.1 Å². The van der Waals surface area contributed by atoms with Crippen LogP contribution < -0.4 is 27.1 Å². The summed E-state index contributed by atoms with van der Waals surface area (Å²) in [6.45, 7) is 45.6. The maximum absolute atomic E-state index is 7.56. The third-order valence-electron chi connectivity index (χ3n) is 15.6. The van der Waals surface area contributed by atoms with Crippen LogP contribution >= 0.6 is 17.2 Å². The second kappa shape index (κ2) is 20.7. The van der Waals surface area contributed by atoms with Crippen LogP contribution in [0.3, 0.4) is 0 Å². The molecular weight excluding hydrogens is 975 g/mol. The van der Waals surface area contributed by atoms with Gasteiger partial charge in [-0.25, -0.2) is 0 Å². The van der Waals surface area contributed by atoms with Crippen molar-refractivity contribution in [2.24, 2.45) is 0 Å². The standard InChI is InChI=1S/C68H86O6P2/c1-39(2)55-23-21-24-56(40(3)4)63(55)73-75-69-59-43-27-44-32-52(66(12,13)14)36-48(60(44)70-75)30-50-38-54(68(18,19)20)34-46-28-45-33-53(67(15,16)17)37-49(29-47(59)35-51(31-43)65(9,10)11)61(45)71-76(72-62(46)50)74-64-57(41(5)6)25-22-26-58(64)42(7)8/h21-26,31-42H,27-30H2,1-20H3. The Morgan fingerprint density at radius 3 is 0.671 bits per heavy atom. The van der Waals surface area contributed by atoms with Gasteiger partial charge in [0, 0.05) is 25.7 Å². The molecule has 0 fully saturated rings. The van der Waals surface area contributed by atoms with Gasteiger partial charge in [-0.15, -0.1) is 0 Å². The molecule has 0 amide bonds. The Bertz CT molecular complexity index is 2760. The summed E-state index contributed by atoms with van der Waals surface area (Å²) in [6.07, 6.45) is 2.26. The van der Waals surface area contributed by atoms with Crippen LogP contribution in [0, 0.1) is 0 Å². The van der Waals surface area contributed by atoms with Crippen LogP contribution in [-0.4, -0.2) is 0 Å². The quantitative estimate of drug-likeness (QED) is 0.141. The summed E-state index contributed by atoms with van der Waals surface area (Å²) >= 11 is 0. The van der Waals surface area contributed by atoms with Gasteiger partial charge in [0.1, 0.15) is 34.5 Å². The molecule has 4 aliphatic heterocycles. The Morgan fingerprint density at radius 2 is 0.513 bits per heavy atom. The number of hydrogen-bond acceptors (Lipinski definition) is 6. The first-order chi connectivity index (χ1) is 35.4. The minimum atomic E-state index is -2.09. The lowest BCUT2D eigenvalue weighted by atomic mass is 9.79. The van der Waals surface area contributed by atoms with Crippen molar-refractivity contribution >= 4 is 17.2 Å². The van der Waals surface area contributed by atoms with Crippen LogP contribution in [0.15, 0.2) is 84.9 Å². The molecule has 12 bridgehead atoms. The van der Waals surface area contributed by atoms with Crippen LogP contribution in [0.2, 0.25) is 0 Å². The molecule has 404 valence electrons. The highest BCUT2D eigenvalue weighted by Gasteiger charge is 2.38. The topological polar surface area (TPSA) is 55.4 Å². The minimum Gasteiger partial charge on any atom is -0.408 e. The van der Waals surface area contributed by atoms with Gasteiger partial charge in [-0.05, 0) is 134 Å². The predicted octanol–water partition coefficient (Wildman–Crippen LogP) is 20.2. The summed E-state index contributed by atoms with van der Waals surface area (Å²) in [4.78, 5) is 0. The number of hydrogen-bond donors (Lipinski definition) is 0. The molecule has 0 atom stereocenters. The van der Waals surface area contributed by atoms with E-state index in [0.717, 1.165) is 101 Å². The van der Waals surface area contributed by atoms with Crippen molar-refractivity contribution in [3.63, 3.8) is 0 Å². The number of fused-ring (bicyclic) bond motifs is 4. The average molecular weight is 1060 g/mol. The van der Waals surface area contributed by atoms with Gasteiger partial charge < -0.3 is 27.1 Å². The molecule has 6 aromatic carbocycles. The first kappa shape index (κ1) is 55.7. The molecule has 0 aromatic heterocycles. The van der Waals surface area contributed by atoms with Gasteiger partial charge in [0.2, 0.25) is 0 Å². The highest BCUT2D eigenvalue weighted by Crippen LogP contribution is 2.57. The predicted molar refractivity (Wildman–Crippen MR) is 319 cm³/mol. The normalized spacial score (nSPS) is 15.2. The number of benzene rings is 6. The fourth-order valence-corrected chi connectivity index (χ4v) is 13.3. The van der Waals surface area contributed by atoms with Gasteiger partial charge in [-0.3, -0.25) is 0 Å². The zero-order valence-corrected chi connectivity index (χ0v) is 51.4. The highest BCUT2D eigenvalue weighted by atomic mass is 31.2.